The third kappa shape index (κ3) is 4.65. The number of nitrogens with one attached hydrogen (secondary N) is 2. The molecule has 2 aromatic rings. The van der Waals surface area contributed by atoms with Crippen molar-refractivity contribution in [3.05, 3.63) is 52.0 Å². The number of anilines is 1. The van der Waals surface area contributed by atoms with Crippen molar-refractivity contribution < 1.29 is 19.1 Å². The van der Waals surface area contributed by atoms with Gasteiger partial charge in [-0.05, 0) is 51.7 Å². The normalized spacial score (nSPS) is 12.4. The number of amides is 2. The molecule has 1 heterocycles. The Morgan fingerprint density at radius 3 is 2.44 bits per heavy atom. The lowest BCUT2D eigenvalue weighted by Crippen LogP contribution is -2.32. The van der Waals surface area contributed by atoms with Crippen LogP contribution in [0.25, 0.3) is 0 Å². The number of carbonyl (C=O) groups is 2. The molecule has 0 saturated heterocycles. The van der Waals surface area contributed by atoms with Gasteiger partial charge in [0.25, 0.3) is 0 Å². The molecule has 0 aromatic heterocycles. The molecule has 2 amide bonds. The summed E-state index contributed by atoms with van der Waals surface area (Å²) in [6.45, 7) is 4.33. The van der Waals surface area contributed by atoms with Crippen molar-refractivity contribution in [2.45, 2.75) is 19.8 Å². The maximum atomic E-state index is 12.0. The maximum Gasteiger partial charge on any atom is 0.329 e. The molecule has 0 unspecified atom stereocenters. The lowest BCUT2D eigenvalue weighted by Gasteiger charge is -2.07. The second-order valence-electron chi connectivity index (χ2n) is 6.16. The van der Waals surface area contributed by atoms with Crippen LogP contribution in [0.5, 0.6) is 11.5 Å². The number of hydrogen-bond acceptors (Lipinski definition) is 5. The number of ether oxygens (including phenoxy) is 2. The van der Waals surface area contributed by atoms with Gasteiger partial charge in [0.05, 0.1) is 6.21 Å². The molecule has 0 radical (unpaired) electrons. The van der Waals surface area contributed by atoms with Gasteiger partial charge in [-0.3, -0.25) is 9.59 Å². The molecular formula is C19H18BrN3O4. The van der Waals surface area contributed by atoms with E-state index in [9.17, 15) is 9.59 Å². The average molecular weight is 432 g/mol. The lowest BCUT2D eigenvalue weighted by molar-refractivity contribution is -0.136. The van der Waals surface area contributed by atoms with Gasteiger partial charge in [0.2, 0.25) is 6.79 Å². The average Bonchev–Trinajstić information content (AvgIpc) is 3.09. The van der Waals surface area contributed by atoms with Gasteiger partial charge in [-0.15, -0.1) is 0 Å². The van der Waals surface area contributed by atoms with Crippen molar-refractivity contribution in [2.75, 3.05) is 12.1 Å². The van der Waals surface area contributed by atoms with Gasteiger partial charge in [-0.2, -0.15) is 5.10 Å². The molecule has 0 aliphatic carbocycles. The number of nitrogens with zero attached hydrogens (tertiary/aromatic N) is 1. The van der Waals surface area contributed by atoms with Crippen molar-refractivity contribution in [3.8, 4) is 11.5 Å². The van der Waals surface area contributed by atoms with E-state index in [4.69, 9.17) is 9.47 Å². The molecule has 1 aliphatic rings. The van der Waals surface area contributed by atoms with Crippen molar-refractivity contribution >= 4 is 39.6 Å². The molecule has 0 bridgehead atoms. The van der Waals surface area contributed by atoms with Gasteiger partial charge < -0.3 is 14.8 Å². The van der Waals surface area contributed by atoms with Crippen molar-refractivity contribution in [3.63, 3.8) is 0 Å². The van der Waals surface area contributed by atoms with Gasteiger partial charge in [-0.25, -0.2) is 5.43 Å². The number of benzene rings is 2. The van der Waals surface area contributed by atoms with Crippen LogP contribution < -0.4 is 20.2 Å². The number of hydrazone groups is 1. The molecular weight excluding hydrogens is 414 g/mol. The summed E-state index contributed by atoms with van der Waals surface area (Å²) in [6.07, 6.45) is 1.41. The van der Waals surface area contributed by atoms with Crippen LogP contribution >= 0.6 is 15.9 Å². The Hall–Kier alpha value is -2.87. The Morgan fingerprint density at radius 2 is 1.78 bits per heavy atom. The number of hydrogen-bond donors (Lipinski definition) is 2. The second-order valence-corrected chi connectivity index (χ2v) is 7.01. The van der Waals surface area contributed by atoms with Crippen LogP contribution in [0.1, 0.15) is 30.9 Å². The molecule has 0 fully saturated rings. The number of fused-ring (bicyclic) bond motifs is 1. The molecule has 27 heavy (non-hydrogen) atoms. The van der Waals surface area contributed by atoms with Crippen LogP contribution in [0.15, 0.2) is 46.0 Å². The predicted octanol–water partition coefficient (Wildman–Crippen LogP) is 3.39. The first-order valence-electron chi connectivity index (χ1n) is 8.27. The third-order valence-corrected chi connectivity index (χ3v) is 4.59. The minimum Gasteiger partial charge on any atom is -0.454 e. The Morgan fingerprint density at radius 1 is 1.11 bits per heavy atom. The zero-order valence-corrected chi connectivity index (χ0v) is 16.4. The first kappa shape index (κ1) is 18.9. The van der Waals surface area contributed by atoms with E-state index in [2.05, 4.69) is 45.6 Å². The first-order valence-corrected chi connectivity index (χ1v) is 9.07. The van der Waals surface area contributed by atoms with E-state index < -0.39 is 11.8 Å². The molecule has 1 aliphatic heterocycles. The summed E-state index contributed by atoms with van der Waals surface area (Å²) in [4.78, 5) is 23.8. The third-order valence-electron chi connectivity index (χ3n) is 3.90. The maximum absolute atomic E-state index is 12.0. The SMILES string of the molecule is CC(C)c1ccc(NC(=O)C(=O)N/N=C/c2cc3c(cc2Br)OCO3)cc1. The lowest BCUT2D eigenvalue weighted by atomic mass is 10.0. The Labute approximate surface area is 164 Å². The molecule has 3 rings (SSSR count). The van der Waals surface area contributed by atoms with E-state index in [0.29, 0.717) is 28.7 Å². The van der Waals surface area contributed by atoms with Gasteiger partial charge >= 0.3 is 11.8 Å². The fourth-order valence-electron chi connectivity index (χ4n) is 2.38. The highest BCUT2D eigenvalue weighted by Gasteiger charge is 2.16. The summed E-state index contributed by atoms with van der Waals surface area (Å²) in [5, 5.41) is 6.35. The van der Waals surface area contributed by atoms with E-state index >= 15 is 0 Å². The first-order chi connectivity index (χ1) is 12.9. The quantitative estimate of drug-likeness (QED) is 0.441. The summed E-state index contributed by atoms with van der Waals surface area (Å²) >= 11 is 3.39. The van der Waals surface area contributed by atoms with Crippen LogP contribution in [0.3, 0.4) is 0 Å². The van der Waals surface area contributed by atoms with Gasteiger partial charge in [0.1, 0.15) is 0 Å². The Balaban J connectivity index is 1.57. The molecule has 2 aromatic carbocycles. The highest BCUT2D eigenvalue weighted by molar-refractivity contribution is 9.10. The van der Waals surface area contributed by atoms with Crippen molar-refractivity contribution in [1.29, 1.82) is 0 Å². The van der Waals surface area contributed by atoms with Crippen LogP contribution in [0.2, 0.25) is 0 Å². The van der Waals surface area contributed by atoms with E-state index in [-0.39, 0.29) is 6.79 Å². The standard InChI is InChI=1S/C19H18BrN3O4/c1-11(2)12-3-5-14(6-4-12)22-18(24)19(25)23-21-9-13-7-16-17(8-15(13)20)27-10-26-16/h3-9,11H,10H2,1-2H3,(H,22,24)(H,23,25)/b21-9+. The topological polar surface area (TPSA) is 89.0 Å². The van der Waals surface area contributed by atoms with Gasteiger partial charge in [0, 0.05) is 15.7 Å². The number of halogens is 1. The van der Waals surface area contributed by atoms with Crippen LogP contribution in [-0.4, -0.2) is 24.8 Å². The zero-order chi connectivity index (χ0) is 19.4. The largest absolute Gasteiger partial charge is 0.454 e. The fourth-order valence-corrected chi connectivity index (χ4v) is 2.81. The minimum atomic E-state index is -0.865. The fraction of sp³-hybridized carbons (Fsp3) is 0.211. The second kappa shape index (κ2) is 8.22. The highest BCUT2D eigenvalue weighted by atomic mass is 79.9. The smallest absolute Gasteiger partial charge is 0.329 e. The Kier molecular flexibility index (Phi) is 5.75. The van der Waals surface area contributed by atoms with E-state index in [1.165, 1.54) is 6.21 Å². The van der Waals surface area contributed by atoms with Gasteiger partial charge in [-0.1, -0.05) is 26.0 Å². The van der Waals surface area contributed by atoms with E-state index in [1.54, 1.807) is 24.3 Å². The Bertz CT molecular complexity index is 895. The van der Waals surface area contributed by atoms with Crippen LogP contribution in [0, 0.1) is 0 Å². The van der Waals surface area contributed by atoms with Crippen molar-refractivity contribution in [1.82, 2.24) is 5.43 Å². The molecule has 0 saturated carbocycles. The minimum absolute atomic E-state index is 0.164. The summed E-state index contributed by atoms with van der Waals surface area (Å²) in [5.74, 6) is -0.0485. The van der Waals surface area contributed by atoms with Gasteiger partial charge in [0.15, 0.2) is 11.5 Å². The monoisotopic (exact) mass is 431 g/mol. The number of rotatable bonds is 4. The van der Waals surface area contributed by atoms with Crippen LogP contribution in [0.4, 0.5) is 5.69 Å². The van der Waals surface area contributed by atoms with Crippen LogP contribution in [-0.2, 0) is 9.59 Å². The summed E-state index contributed by atoms with van der Waals surface area (Å²) in [5.41, 5.74) is 4.56. The molecule has 7 nitrogen and oxygen atoms in total. The summed E-state index contributed by atoms with van der Waals surface area (Å²) < 4.78 is 11.3. The molecule has 0 spiro atoms. The molecule has 140 valence electrons. The number of carbonyl (C=O) groups excluding carboxylic acids is 2. The predicted molar refractivity (Wildman–Crippen MR) is 105 cm³/mol. The molecule has 8 heteroatoms. The summed E-state index contributed by atoms with van der Waals surface area (Å²) in [7, 11) is 0. The molecule has 2 N–H and O–H groups in total. The molecule has 0 atom stereocenters. The van der Waals surface area contributed by atoms with E-state index in [1.807, 2.05) is 12.1 Å². The highest BCUT2D eigenvalue weighted by Crippen LogP contribution is 2.36. The summed E-state index contributed by atoms with van der Waals surface area (Å²) in [6, 6.07) is 10.8. The van der Waals surface area contributed by atoms with Crippen molar-refractivity contribution in [2.24, 2.45) is 5.10 Å². The van der Waals surface area contributed by atoms with E-state index in [0.717, 1.165) is 10.0 Å². The zero-order valence-electron chi connectivity index (χ0n) is 14.8.